The lowest BCUT2D eigenvalue weighted by atomic mass is 10.0. The second-order valence-electron chi connectivity index (χ2n) is 4.59. The monoisotopic (exact) mass is 267 g/mol. The van der Waals surface area contributed by atoms with Crippen LogP contribution in [0.3, 0.4) is 0 Å². The summed E-state index contributed by atoms with van der Waals surface area (Å²) in [6.45, 7) is 9.59. The molecule has 5 nitrogen and oxygen atoms in total. The highest BCUT2D eigenvalue weighted by Crippen LogP contribution is 2.22. The fourth-order valence-electron chi connectivity index (χ4n) is 1.98. The highest BCUT2D eigenvalue weighted by molar-refractivity contribution is 5.36. The zero-order valence-corrected chi connectivity index (χ0v) is 12.4. The highest BCUT2D eigenvalue weighted by Gasteiger charge is 2.14. The first-order valence-electron chi connectivity index (χ1n) is 6.95. The Morgan fingerprint density at radius 2 is 1.79 bits per heavy atom. The van der Waals surface area contributed by atoms with E-state index in [-0.39, 0.29) is 6.10 Å². The number of hydrogen-bond acceptors (Lipinski definition) is 5. The van der Waals surface area contributed by atoms with Crippen molar-refractivity contribution in [1.82, 2.24) is 10.2 Å². The van der Waals surface area contributed by atoms with Crippen molar-refractivity contribution >= 4 is 0 Å². The first-order valence-corrected chi connectivity index (χ1v) is 6.95. The summed E-state index contributed by atoms with van der Waals surface area (Å²) in [5.41, 5.74) is 8.97. The molecule has 1 aromatic heterocycles. The van der Waals surface area contributed by atoms with Gasteiger partial charge in [0, 0.05) is 12.1 Å². The van der Waals surface area contributed by atoms with Crippen LogP contribution in [0.2, 0.25) is 0 Å². The molecule has 0 aliphatic carbocycles. The lowest BCUT2D eigenvalue weighted by molar-refractivity contribution is 0.0537. The predicted molar refractivity (Wildman–Crippen MR) is 75.3 cm³/mol. The van der Waals surface area contributed by atoms with E-state index in [9.17, 15) is 0 Å². The Labute approximate surface area is 115 Å². The van der Waals surface area contributed by atoms with Crippen molar-refractivity contribution in [2.45, 2.75) is 53.2 Å². The second-order valence-corrected chi connectivity index (χ2v) is 4.59. The van der Waals surface area contributed by atoms with Crippen molar-refractivity contribution < 1.29 is 9.47 Å². The summed E-state index contributed by atoms with van der Waals surface area (Å²) in [5.74, 6) is 0.545. The van der Waals surface area contributed by atoms with E-state index in [0.29, 0.717) is 25.6 Å². The minimum atomic E-state index is 0.206. The van der Waals surface area contributed by atoms with Gasteiger partial charge in [-0.15, -0.1) is 5.10 Å². The molecule has 0 bridgehead atoms. The van der Waals surface area contributed by atoms with Crippen molar-refractivity contribution in [2.75, 3.05) is 13.2 Å². The van der Waals surface area contributed by atoms with Gasteiger partial charge in [-0.3, -0.25) is 0 Å². The molecule has 0 radical (unpaired) electrons. The van der Waals surface area contributed by atoms with Gasteiger partial charge in [0.15, 0.2) is 0 Å². The molecule has 0 saturated heterocycles. The van der Waals surface area contributed by atoms with Gasteiger partial charge in [0.25, 0.3) is 0 Å². The number of aryl methyl sites for hydroxylation is 1. The summed E-state index contributed by atoms with van der Waals surface area (Å²) >= 11 is 0. The van der Waals surface area contributed by atoms with E-state index >= 15 is 0 Å². The van der Waals surface area contributed by atoms with Crippen LogP contribution in [0.1, 0.15) is 44.5 Å². The van der Waals surface area contributed by atoms with Gasteiger partial charge >= 0.3 is 0 Å². The SMILES string of the molecule is CCc1nnc(OCCOC(C)C)c(CN)c1CC. The minimum Gasteiger partial charge on any atom is -0.474 e. The second kappa shape index (κ2) is 8.07. The Morgan fingerprint density at radius 3 is 2.32 bits per heavy atom. The Kier molecular flexibility index (Phi) is 6.73. The van der Waals surface area contributed by atoms with Gasteiger partial charge < -0.3 is 15.2 Å². The summed E-state index contributed by atoms with van der Waals surface area (Å²) in [4.78, 5) is 0. The van der Waals surface area contributed by atoms with Gasteiger partial charge in [0.05, 0.1) is 18.4 Å². The zero-order valence-electron chi connectivity index (χ0n) is 12.4. The molecule has 0 atom stereocenters. The third-order valence-corrected chi connectivity index (χ3v) is 2.90. The van der Waals surface area contributed by atoms with Crippen LogP contribution >= 0.6 is 0 Å². The van der Waals surface area contributed by atoms with Gasteiger partial charge in [-0.2, -0.15) is 5.10 Å². The normalized spacial score (nSPS) is 11.1. The smallest absolute Gasteiger partial charge is 0.238 e. The summed E-state index contributed by atoms with van der Waals surface area (Å²) in [5, 5.41) is 8.36. The fraction of sp³-hybridized carbons (Fsp3) is 0.714. The van der Waals surface area contributed by atoms with Crippen LogP contribution in [0.15, 0.2) is 0 Å². The molecule has 1 aromatic rings. The molecular formula is C14H25N3O2. The Balaban J connectivity index is 2.77. The van der Waals surface area contributed by atoms with Gasteiger partial charge in [-0.25, -0.2) is 0 Å². The van der Waals surface area contributed by atoms with E-state index < -0.39 is 0 Å². The first kappa shape index (κ1) is 15.9. The summed E-state index contributed by atoms with van der Waals surface area (Å²) in [6, 6.07) is 0. The van der Waals surface area contributed by atoms with Crippen molar-refractivity contribution in [3.05, 3.63) is 16.8 Å². The number of nitrogens with zero attached hydrogens (tertiary/aromatic N) is 2. The molecule has 0 saturated carbocycles. The lowest BCUT2D eigenvalue weighted by Gasteiger charge is -2.15. The van der Waals surface area contributed by atoms with E-state index in [2.05, 4.69) is 24.0 Å². The number of aromatic nitrogens is 2. The van der Waals surface area contributed by atoms with Crippen LogP contribution in [-0.2, 0) is 24.1 Å². The summed E-state index contributed by atoms with van der Waals surface area (Å²) < 4.78 is 11.1. The first-order chi connectivity index (χ1) is 9.13. The lowest BCUT2D eigenvalue weighted by Crippen LogP contribution is -2.16. The zero-order chi connectivity index (χ0) is 14.3. The molecule has 5 heteroatoms. The number of rotatable bonds is 8. The van der Waals surface area contributed by atoms with Gasteiger partial charge in [0.2, 0.25) is 5.88 Å². The van der Waals surface area contributed by atoms with Crippen LogP contribution in [-0.4, -0.2) is 29.5 Å². The molecule has 1 heterocycles. The molecule has 1 rings (SSSR count). The number of ether oxygens (including phenoxy) is 2. The van der Waals surface area contributed by atoms with E-state index in [4.69, 9.17) is 15.2 Å². The minimum absolute atomic E-state index is 0.206. The topological polar surface area (TPSA) is 70.3 Å². The Bertz CT molecular complexity index is 395. The molecule has 19 heavy (non-hydrogen) atoms. The van der Waals surface area contributed by atoms with Gasteiger partial charge in [-0.05, 0) is 32.3 Å². The quantitative estimate of drug-likeness (QED) is 0.728. The average Bonchev–Trinajstić information content (AvgIpc) is 2.42. The maximum absolute atomic E-state index is 5.82. The molecule has 0 aliphatic rings. The molecule has 0 spiro atoms. The molecule has 108 valence electrons. The average molecular weight is 267 g/mol. The van der Waals surface area contributed by atoms with E-state index in [1.54, 1.807) is 0 Å². The molecule has 0 fully saturated rings. The third kappa shape index (κ3) is 4.44. The molecule has 0 aliphatic heterocycles. The van der Waals surface area contributed by atoms with Gasteiger partial charge in [-0.1, -0.05) is 13.8 Å². The maximum atomic E-state index is 5.82. The van der Waals surface area contributed by atoms with Crippen molar-refractivity contribution in [2.24, 2.45) is 5.73 Å². The standard InChI is InChI=1S/C14H25N3O2/c1-5-11-12(9-15)14(17-16-13(11)6-2)19-8-7-18-10(3)4/h10H,5-9,15H2,1-4H3. The van der Waals surface area contributed by atoms with Crippen LogP contribution in [0.25, 0.3) is 0 Å². The van der Waals surface area contributed by atoms with Crippen LogP contribution < -0.4 is 10.5 Å². The molecule has 2 N–H and O–H groups in total. The fourth-order valence-corrected chi connectivity index (χ4v) is 1.98. The predicted octanol–water partition coefficient (Wildman–Crippen LogP) is 1.86. The van der Waals surface area contributed by atoms with Crippen molar-refractivity contribution in [3.63, 3.8) is 0 Å². The van der Waals surface area contributed by atoms with Crippen LogP contribution in [0, 0.1) is 0 Å². The third-order valence-electron chi connectivity index (χ3n) is 2.90. The van der Waals surface area contributed by atoms with Crippen LogP contribution in [0.5, 0.6) is 5.88 Å². The van der Waals surface area contributed by atoms with Crippen molar-refractivity contribution in [1.29, 1.82) is 0 Å². The Hall–Kier alpha value is -1.20. The molecule has 0 amide bonds. The summed E-state index contributed by atoms with van der Waals surface area (Å²) in [6.07, 6.45) is 1.96. The largest absolute Gasteiger partial charge is 0.474 e. The molecular weight excluding hydrogens is 242 g/mol. The number of nitrogens with two attached hydrogens (primary N) is 1. The Morgan fingerprint density at radius 1 is 1.05 bits per heavy atom. The van der Waals surface area contributed by atoms with Crippen molar-refractivity contribution in [3.8, 4) is 5.88 Å². The van der Waals surface area contributed by atoms with E-state index in [1.165, 1.54) is 5.56 Å². The molecule has 0 aromatic carbocycles. The maximum Gasteiger partial charge on any atom is 0.238 e. The van der Waals surface area contributed by atoms with E-state index in [1.807, 2.05) is 13.8 Å². The van der Waals surface area contributed by atoms with Gasteiger partial charge in [0.1, 0.15) is 6.61 Å². The molecule has 0 unspecified atom stereocenters. The highest BCUT2D eigenvalue weighted by atomic mass is 16.5. The number of hydrogen-bond donors (Lipinski definition) is 1. The van der Waals surface area contributed by atoms with E-state index in [0.717, 1.165) is 24.1 Å². The van der Waals surface area contributed by atoms with Crippen LogP contribution in [0.4, 0.5) is 0 Å². The summed E-state index contributed by atoms with van der Waals surface area (Å²) in [7, 11) is 0.